The molecule has 2 aromatic carbocycles. The predicted molar refractivity (Wildman–Crippen MR) is 129 cm³/mol. The molecule has 0 saturated carbocycles. The van der Waals surface area contributed by atoms with E-state index in [1.807, 2.05) is 12.1 Å². The summed E-state index contributed by atoms with van der Waals surface area (Å²) in [5, 5.41) is 0. The molecule has 1 aliphatic rings. The molecule has 34 heavy (non-hydrogen) atoms. The van der Waals surface area contributed by atoms with E-state index in [9.17, 15) is 17.2 Å². The highest BCUT2D eigenvalue weighted by atomic mass is 32.2. The van der Waals surface area contributed by atoms with Gasteiger partial charge in [0.15, 0.2) is 0 Å². The van der Waals surface area contributed by atoms with Crippen molar-refractivity contribution in [3.8, 4) is 11.1 Å². The van der Waals surface area contributed by atoms with Gasteiger partial charge in [0.05, 0.1) is 23.9 Å². The molecule has 0 radical (unpaired) electrons. The van der Waals surface area contributed by atoms with Crippen molar-refractivity contribution in [3.05, 3.63) is 78.6 Å². The molecule has 10 heteroatoms. The first-order valence-electron chi connectivity index (χ1n) is 10.5. The van der Waals surface area contributed by atoms with Crippen molar-refractivity contribution in [3.63, 3.8) is 0 Å². The number of nitrogens with one attached hydrogen (secondary N) is 1. The summed E-state index contributed by atoms with van der Waals surface area (Å²) < 4.78 is 54.8. The number of rotatable bonds is 7. The number of sulfonamides is 1. The first-order chi connectivity index (χ1) is 16.3. The zero-order chi connectivity index (χ0) is 24.3. The van der Waals surface area contributed by atoms with Crippen LogP contribution in [0.25, 0.3) is 16.8 Å². The van der Waals surface area contributed by atoms with Gasteiger partial charge in [-0.15, -0.1) is 0 Å². The number of hydrogen-bond donors (Lipinski definition) is 2. The molecule has 0 bridgehead atoms. The molecule has 0 spiro atoms. The average molecular weight is 484 g/mol. The van der Waals surface area contributed by atoms with E-state index in [-0.39, 0.29) is 5.69 Å². The molecule has 1 saturated heterocycles. The van der Waals surface area contributed by atoms with E-state index in [0.717, 1.165) is 54.9 Å². The quantitative estimate of drug-likeness (QED) is 0.380. The molecule has 0 amide bonds. The fourth-order valence-electron chi connectivity index (χ4n) is 3.85. The van der Waals surface area contributed by atoms with Crippen LogP contribution < -0.4 is 10.5 Å². The van der Waals surface area contributed by atoms with Gasteiger partial charge in [-0.3, -0.25) is 9.71 Å². The maximum atomic E-state index is 14.0. The van der Waals surface area contributed by atoms with Crippen molar-refractivity contribution in [1.29, 1.82) is 0 Å². The first-order valence-corrected chi connectivity index (χ1v) is 12.0. The SMILES string of the molecule is C=C(c1cc(-c2cncc(NS(=O)(=O)c3ccc(F)cc3F)c2)ccc1/N=C\N)N1CCCC1. The van der Waals surface area contributed by atoms with Crippen LogP contribution in [0, 0.1) is 11.6 Å². The van der Waals surface area contributed by atoms with E-state index < -0.39 is 26.6 Å². The fraction of sp³-hybridized carbons (Fsp3) is 0.167. The van der Waals surface area contributed by atoms with E-state index in [4.69, 9.17) is 5.73 Å². The van der Waals surface area contributed by atoms with Gasteiger partial charge >= 0.3 is 0 Å². The maximum absolute atomic E-state index is 14.0. The van der Waals surface area contributed by atoms with E-state index in [2.05, 4.69) is 26.2 Å². The third-order valence-electron chi connectivity index (χ3n) is 5.52. The molecule has 3 aromatic rings. The van der Waals surface area contributed by atoms with Gasteiger partial charge in [0.1, 0.15) is 16.5 Å². The van der Waals surface area contributed by atoms with Crippen molar-refractivity contribution in [2.45, 2.75) is 17.7 Å². The Bertz CT molecular complexity index is 1370. The second kappa shape index (κ2) is 9.60. The minimum absolute atomic E-state index is 0.130. The number of pyridine rings is 1. The first kappa shape index (κ1) is 23.4. The van der Waals surface area contributed by atoms with Crippen LogP contribution in [0.15, 0.2) is 71.3 Å². The molecule has 1 aromatic heterocycles. The maximum Gasteiger partial charge on any atom is 0.264 e. The van der Waals surface area contributed by atoms with Crippen molar-refractivity contribution in [2.75, 3.05) is 17.8 Å². The zero-order valence-electron chi connectivity index (χ0n) is 18.2. The normalized spacial score (nSPS) is 14.0. The van der Waals surface area contributed by atoms with Crippen LogP contribution in [0.5, 0.6) is 0 Å². The highest BCUT2D eigenvalue weighted by Gasteiger charge is 2.21. The number of hydrogen-bond acceptors (Lipinski definition) is 5. The molecule has 4 rings (SSSR count). The Morgan fingerprint density at radius 2 is 1.85 bits per heavy atom. The summed E-state index contributed by atoms with van der Waals surface area (Å²) in [6, 6.07) is 9.37. The van der Waals surface area contributed by atoms with Gasteiger partial charge in [0.25, 0.3) is 10.0 Å². The lowest BCUT2D eigenvalue weighted by molar-refractivity contribution is 0.494. The van der Waals surface area contributed by atoms with E-state index >= 15 is 0 Å². The molecular formula is C24H23F2N5O2S. The molecule has 0 unspecified atom stereocenters. The second-order valence-corrected chi connectivity index (χ2v) is 9.44. The van der Waals surface area contributed by atoms with Gasteiger partial charge in [-0.1, -0.05) is 12.6 Å². The summed E-state index contributed by atoms with van der Waals surface area (Å²) in [7, 11) is -4.29. The van der Waals surface area contributed by atoms with Crippen molar-refractivity contribution in [1.82, 2.24) is 9.88 Å². The van der Waals surface area contributed by atoms with E-state index in [1.165, 1.54) is 12.5 Å². The average Bonchev–Trinajstić information content (AvgIpc) is 3.34. The Labute approximate surface area is 196 Å². The Hall–Kier alpha value is -3.79. The summed E-state index contributed by atoms with van der Waals surface area (Å²) in [5.41, 5.74) is 9.33. The van der Waals surface area contributed by atoms with Crippen LogP contribution in [0.3, 0.4) is 0 Å². The summed E-state index contributed by atoms with van der Waals surface area (Å²) in [4.78, 5) is 9.90. The van der Waals surface area contributed by atoms with Gasteiger partial charge in [-0.25, -0.2) is 22.2 Å². The van der Waals surface area contributed by atoms with Crippen molar-refractivity contribution < 1.29 is 17.2 Å². The van der Waals surface area contributed by atoms with Crippen molar-refractivity contribution in [2.24, 2.45) is 10.7 Å². The summed E-state index contributed by atoms with van der Waals surface area (Å²) in [6.07, 6.45) is 6.30. The molecular weight excluding hydrogens is 460 g/mol. The zero-order valence-corrected chi connectivity index (χ0v) is 19.0. The van der Waals surface area contributed by atoms with Crippen molar-refractivity contribution >= 4 is 33.4 Å². The molecule has 3 N–H and O–H groups in total. The third kappa shape index (κ3) is 4.91. The van der Waals surface area contributed by atoms with E-state index in [1.54, 1.807) is 18.3 Å². The fourth-order valence-corrected chi connectivity index (χ4v) is 4.95. The minimum atomic E-state index is -4.29. The highest BCUT2D eigenvalue weighted by molar-refractivity contribution is 7.92. The molecule has 1 fully saturated rings. The molecule has 0 atom stereocenters. The largest absolute Gasteiger partial charge is 0.390 e. The number of aliphatic imine (C=N–C) groups is 1. The number of anilines is 1. The number of halogens is 2. The molecule has 7 nitrogen and oxygen atoms in total. The standard InChI is InChI=1S/C24H23F2N5O2S/c1-16(31-8-2-3-9-31)21-11-17(4-6-23(21)29-15-27)18-10-20(14-28-13-18)30-34(32,33)24-7-5-19(25)12-22(24)26/h4-7,10-15,30H,1-3,8-9H2,(H2,27,29). The molecule has 0 aliphatic carbocycles. The Morgan fingerprint density at radius 1 is 1.09 bits per heavy atom. The van der Waals surface area contributed by atoms with E-state index in [0.29, 0.717) is 17.3 Å². The second-order valence-electron chi connectivity index (χ2n) is 7.79. The van der Waals surface area contributed by atoms with Crippen LogP contribution >= 0.6 is 0 Å². The Balaban J connectivity index is 1.67. The van der Waals surface area contributed by atoms with Gasteiger partial charge in [-0.05, 0) is 48.7 Å². The lowest BCUT2D eigenvalue weighted by atomic mass is 10.0. The van der Waals surface area contributed by atoms with Crippen LogP contribution in [0.4, 0.5) is 20.2 Å². The Morgan fingerprint density at radius 3 is 2.56 bits per heavy atom. The van der Waals surface area contributed by atoms with Crippen LogP contribution in [0.1, 0.15) is 18.4 Å². The predicted octanol–water partition coefficient (Wildman–Crippen LogP) is 4.51. The number of nitrogens with zero attached hydrogens (tertiary/aromatic N) is 3. The van der Waals surface area contributed by atoms with Gasteiger partial charge in [0.2, 0.25) is 0 Å². The number of nitrogens with two attached hydrogens (primary N) is 1. The highest BCUT2D eigenvalue weighted by Crippen LogP contribution is 2.34. The smallest absolute Gasteiger partial charge is 0.264 e. The monoisotopic (exact) mass is 483 g/mol. The minimum Gasteiger partial charge on any atom is -0.390 e. The number of benzene rings is 2. The van der Waals surface area contributed by atoms with Crippen LogP contribution in [-0.4, -0.2) is 37.7 Å². The third-order valence-corrected chi connectivity index (χ3v) is 6.93. The number of likely N-dealkylation sites (tertiary alicyclic amines) is 1. The molecule has 176 valence electrons. The van der Waals surface area contributed by atoms with Crippen LogP contribution in [0.2, 0.25) is 0 Å². The molecule has 1 aliphatic heterocycles. The van der Waals surface area contributed by atoms with Gasteiger partial charge in [0, 0.05) is 42.2 Å². The summed E-state index contributed by atoms with van der Waals surface area (Å²) >= 11 is 0. The topological polar surface area (TPSA) is 101 Å². The van der Waals surface area contributed by atoms with Gasteiger partial charge in [-0.2, -0.15) is 0 Å². The van der Waals surface area contributed by atoms with Crippen LogP contribution in [-0.2, 0) is 10.0 Å². The number of aromatic nitrogens is 1. The Kier molecular flexibility index (Phi) is 6.60. The summed E-state index contributed by atoms with van der Waals surface area (Å²) in [6.45, 7) is 6.06. The molecule has 2 heterocycles. The van der Waals surface area contributed by atoms with Gasteiger partial charge < -0.3 is 10.6 Å². The lowest BCUT2D eigenvalue weighted by Gasteiger charge is -2.22. The lowest BCUT2D eigenvalue weighted by Crippen LogP contribution is -2.16. The summed E-state index contributed by atoms with van der Waals surface area (Å²) in [5.74, 6) is -2.05.